The largest absolute Gasteiger partial charge is 0.394 e. The quantitative estimate of drug-likeness (QED) is 0.0209. The summed E-state index contributed by atoms with van der Waals surface area (Å²) in [4.78, 5) is 13.2. The van der Waals surface area contributed by atoms with Crippen LogP contribution >= 0.6 is 0 Å². The molecular weight excluding hydrogens is 859 g/mol. The summed E-state index contributed by atoms with van der Waals surface area (Å²) in [7, 11) is 0. The van der Waals surface area contributed by atoms with Gasteiger partial charge in [0.05, 0.1) is 32.0 Å². The number of aliphatic hydroxyl groups is 8. The van der Waals surface area contributed by atoms with Gasteiger partial charge in [-0.3, -0.25) is 4.79 Å². The van der Waals surface area contributed by atoms with Crippen LogP contribution < -0.4 is 5.32 Å². The van der Waals surface area contributed by atoms with E-state index in [9.17, 15) is 45.6 Å². The van der Waals surface area contributed by atoms with Crippen LogP contribution in [0.1, 0.15) is 226 Å². The van der Waals surface area contributed by atoms with Gasteiger partial charge in [-0.15, -0.1) is 0 Å². The van der Waals surface area contributed by atoms with Crippen LogP contribution in [0, 0.1) is 0 Å². The van der Waals surface area contributed by atoms with E-state index in [1.54, 1.807) is 6.08 Å². The number of unbranched alkanes of at least 4 members (excludes halogenated alkanes) is 30. The summed E-state index contributed by atoms with van der Waals surface area (Å²) >= 11 is 0. The first-order valence-electron chi connectivity index (χ1n) is 27.4. The van der Waals surface area contributed by atoms with E-state index in [1.165, 1.54) is 161 Å². The van der Waals surface area contributed by atoms with E-state index in [-0.39, 0.29) is 18.9 Å². The first-order chi connectivity index (χ1) is 32.6. The lowest BCUT2D eigenvalue weighted by Gasteiger charge is -2.46. The summed E-state index contributed by atoms with van der Waals surface area (Å²) in [5, 5.41) is 86.8. The molecular formula is C53H101NO13. The van der Waals surface area contributed by atoms with Gasteiger partial charge in [0.1, 0.15) is 48.8 Å². The summed E-state index contributed by atoms with van der Waals surface area (Å²) in [5.74, 6) is -0.236. The van der Waals surface area contributed by atoms with Crippen molar-refractivity contribution in [2.24, 2.45) is 0 Å². The van der Waals surface area contributed by atoms with Gasteiger partial charge < -0.3 is 65.1 Å². The molecule has 0 radical (unpaired) electrons. The zero-order valence-corrected chi connectivity index (χ0v) is 42.2. The normalized spacial score (nSPS) is 26.6. The minimum absolute atomic E-state index is 0.236. The first-order valence-corrected chi connectivity index (χ1v) is 27.4. The maximum Gasteiger partial charge on any atom is 0.220 e. The van der Waals surface area contributed by atoms with Gasteiger partial charge in [0.25, 0.3) is 0 Å². The standard InChI is InChI=1S/C53H101NO13/c1-3-5-7-9-11-13-15-17-19-20-21-22-23-25-27-29-31-33-35-37-45(58)54-41(42(57)36-34-32-30-28-26-24-18-16-14-12-10-8-6-4-2)40-64-52-50(63)48(61)51(44(39-56)66-52)67-53-49(62)47(60)46(59)43(38-55)65-53/h34,36,41-44,46-53,55-57,59-63H,3-33,35,37-40H2,1-2H3,(H,54,58)/b36-34+/t41-,42+,43+,44+,46-,47?,48?,49?,50?,51+,52+,53-/m0/s1. The summed E-state index contributed by atoms with van der Waals surface area (Å²) < 4.78 is 22.7. The number of amides is 1. The van der Waals surface area contributed by atoms with Crippen molar-refractivity contribution in [1.82, 2.24) is 5.32 Å². The third kappa shape index (κ3) is 27.2. The Morgan fingerprint density at radius 2 is 0.925 bits per heavy atom. The maximum atomic E-state index is 13.2. The maximum absolute atomic E-state index is 13.2. The fraction of sp³-hybridized carbons (Fsp3) is 0.943. The fourth-order valence-corrected chi connectivity index (χ4v) is 9.23. The van der Waals surface area contributed by atoms with Crippen molar-refractivity contribution in [3.8, 4) is 0 Å². The third-order valence-corrected chi connectivity index (χ3v) is 13.7. The Kier molecular flexibility index (Phi) is 37.2. The van der Waals surface area contributed by atoms with Gasteiger partial charge in [-0.2, -0.15) is 0 Å². The van der Waals surface area contributed by atoms with E-state index in [0.717, 1.165) is 38.5 Å². The van der Waals surface area contributed by atoms with Gasteiger partial charge >= 0.3 is 0 Å². The van der Waals surface area contributed by atoms with Crippen LogP contribution in [0.2, 0.25) is 0 Å². The van der Waals surface area contributed by atoms with Crippen LogP contribution in [-0.4, -0.2) is 140 Å². The Balaban J connectivity index is 1.80. The first kappa shape index (κ1) is 61.8. The molecule has 2 aliphatic rings. The Morgan fingerprint density at radius 3 is 1.37 bits per heavy atom. The molecule has 1 amide bonds. The lowest BCUT2D eigenvalue weighted by Crippen LogP contribution is -2.65. The molecule has 0 spiro atoms. The van der Waals surface area contributed by atoms with Crippen molar-refractivity contribution in [3.05, 3.63) is 12.2 Å². The molecule has 0 aromatic heterocycles. The molecule has 12 atom stereocenters. The Bertz CT molecular complexity index is 1180. The average molecular weight is 960 g/mol. The summed E-state index contributed by atoms with van der Waals surface area (Å²) in [6.45, 7) is 2.81. The number of hydrogen-bond acceptors (Lipinski definition) is 13. The van der Waals surface area contributed by atoms with Gasteiger partial charge in [-0.1, -0.05) is 212 Å². The second-order valence-corrected chi connectivity index (χ2v) is 19.7. The number of nitrogens with one attached hydrogen (secondary N) is 1. The van der Waals surface area contributed by atoms with Crippen LogP contribution in [0.25, 0.3) is 0 Å². The highest BCUT2D eigenvalue weighted by molar-refractivity contribution is 5.76. The molecule has 2 aliphatic heterocycles. The van der Waals surface area contributed by atoms with E-state index in [0.29, 0.717) is 6.42 Å². The SMILES string of the molecule is CCCCCCCCCCCCCC/C=C/[C@@H](O)[C@H](CO[C@@H]1O[C@H](CO)[C@@H](O[C@@H]2O[C@H](CO)[C@H](O)C(O)C2O)C(O)C1O)NC(=O)CCCCCCCCCCCCCCCCCCCCC. The number of aliphatic hydroxyl groups excluding tert-OH is 8. The van der Waals surface area contributed by atoms with Crippen molar-refractivity contribution < 1.29 is 64.6 Å². The second-order valence-electron chi connectivity index (χ2n) is 19.7. The summed E-state index contributed by atoms with van der Waals surface area (Å²) in [6.07, 6.45) is 26.7. The number of allylic oxidation sites excluding steroid dienone is 1. The average Bonchev–Trinajstić information content (AvgIpc) is 3.32. The Morgan fingerprint density at radius 1 is 0.522 bits per heavy atom. The lowest BCUT2D eigenvalue weighted by molar-refractivity contribution is -0.359. The van der Waals surface area contributed by atoms with Gasteiger partial charge in [0, 0.05) is 6.42 Å². The van der Waals surface area contributed by atoms with Crippen LogP contribution in [0.5, 0.6) is 0 Å². The lowest BCUT2D eigenvalue weighted by atomic mass is 9.97. The predicted octanol–water partition coefficient (Wildman–Crippen LogP) is 7.94. The fourth-order valence-electron chi connectivity index (χ4n) is 9.23. The van der Waals surface area contributed by atoms with Crippen molar-refractivity contribution in [2.45, 2.75) is 299 Å². The molecule has 0 bridgehead atoms. The molecule has 396 valence electrons. The smallest absolute Gasteiger partial charge is 0.220 e. The highest BCUT2D eigenvalue weighted by Crippen LogP contribution is 2.30. The Labute approximate surface area is 406 Å². The minimum Gasteiger partial charge on any atom is -0.394 e. The monoisotopic (exact) mass is 960 g/mol. The molecule has 2 saturated heterocycles. The van der Waals surface area contributed by atoms with Crippen LogP contribution in [0.4, 0.5) is 0 Å². The molecule has 0 saturated carbocycles. The minimum atomic E-state index is -1.78. The molecule has 4 unspecified atom stereocenters. The van der Waals surface area contributed by atoms with E-state index in [4.69, 9.17) is 18.9 Å². The summed E-state index contributed by atoms with van der Waals surface area (Å²) in [5.41, 5.74) is 0. The molecule has 67 heavy (non-hydrogen) atoms. The molecule has 2 fully saturated rings. The third-order valence-electron chi connectivity index (χ3n) is 13.7. The number of carbonyl (C=O) groups is 1. The molecule has 0 aromatic rings. The number of ether oxygens (including phenoxy) is 4. The van der Waals surface area contributed by atoms with Crippen molar-refractivity contribution >= 4 is 5.91 Å². The van der Waals surface area contributed by atoms with E-state index < -0.39 is 86.8 Å². The Hall–Kier alpha value is -1.27. The van der Waals surface area contributed by atoms with E-state index in [2.05, 4.69) is 19.2 Å². The van der Waals surface area contributed by atoms with E-state index in [1.807, 2.05) is 6.08 Å². The predicted molar refractivity (Wildman–Crippen MR) is 263 cm³/mol. The van der Waals surface area contributed by atoms with Gasteiger partial charge in [0.15, 0.2) is 12.6 Å². The number of hydrogen-bond donors (Lipinski definition) is 9. The second kappa shape index (κ2) is 40.3. The van der Waals surface area contributed by atoms with Crippen molar-refractivity contribution in [1.29, 1.82) is 0 Å². The molecule has 14 nitrogen and oxygen atoms in total. The number of rotatable bonds is 43. The molecule has 0 aliphatic carbocycles. The van der Waals surface area contributed by atoms with Crippen molar-refractivity contribution in [3.63, 3.8) is 0 Å². The van der Waals surface area contributed by atoms with E-state index >= 15 is 0 Å². The zero-order valence-electron chi connectivity index (χ0n) is 42.2. The van der Waals surface area contributed by atoms with Gasteiger partial charge in [0.2, 0.25) is 5.91 Å². The highest BCUT2D eigenvalue weighted by Gasteiger charge is 2.51. The molecule has 14 heteroatoms. The van der Waals surface area contributed by atoms with Crippen LogP contribution in [0.15, 0.2) is 12.2 Å². The molecule has 2 rings (SSSR count). The highest BCUT2D eigenvalue weighted by atomic mass is 16.7. The van der Waals surface area contributed by atoms with Gasteiger partial charge in [-0.25, -0.2) is 0 Å². The molecule has 0 aromatic carbocycles. The van der Waals surface area contributed by atoms with Crippen LogP contribution in [-0.2, 0) is 23.7 Å². The van der Waals surface area contributed by atoms with Crippen LogP contribution in [0.3, 0.4) is 0 Å². The van der Waals surface area contributed by atoms with Crippen molar-refractivity contribution in [2.75, 3.05) is 19.8 Å². The topological polar surface area (TPSA) is 228 Å². The zero-order chi connectivity index (χ0) is 48.9. The number of carbonyl (C=O) groups excluding carboxylic acids is 1. The summed E-state index contributed by atoms with van der Waals surface area (Å²) in [6, 6.07) is -0.908. The van der Waals surface area contributed by atoms with Gasteiger partial charge in [-0.05, 0) is 19.3 Å². The molecule has 9 N–H and O–H groups in total. The molecule has 2 heterocycles.